The van der Waals surface area contributed by atoms with Crippen LogP contribution in [-0.2, 0) is 0 Å². The summed E-state index contributed by atoms with van der Waals surface area (Å²) in [5.74, 6) is 0.425. The van der Waals surface area contributed by atoms with Crippen LogP contribution in [0.2, 0.25) is 0 Å². The summed E-state index contributed by atoms with van der Waals surface area (Å²) in [6.45, 7) is 0. The molecule has 0 spiro atoms. The number of imidazole rings is 1. The molecule has 0 aliphatic heterocycles. The number of H-pyrrole nitrogens is 1. The molecule has 0 aliphatic carbocycles. The Labute approximate surface area is 126 Å². The number of hydrogen-bond acceptors (Lipinski definition) is 3. The Morgan fingerprint density at radius 1 is 1.18 bits per heavy atom. The highest BCUT2D eigenvalue weighted by molar-refractivity contribution is 6.01. The zero-order valence-electron chi connectivity index (χ0n) is 11.9. The molecule has 5 heteroatoms. The maximum absolute atomic E-state index is 11.2. The third-order valence-electron chi connectivity index (χ3n) is 3.31. The van der Waals surface area contributed by atoms with Gasteiger partial charge >= 0.3 is 5.97 Å². The van der Waals surface area contributed by atoms with Gasteiger partial charge in [-0.05, 0) is 35.9 Å². The van der Waals surface area contributed by atoms with Gasteiger partial charge in [0.05, 0.1) is 18.2 Å². The number of nitrogens with zero attached hydrogens (tertiary/aromatic N) is 1. The van der Waals surface area contributed by atoms with Gasteiger partial charge in [-0.1, -0.05) is 24.3 Å². The lowest BCUT2D eigenvalue weighted by atomic mass is 10.2. The van der Waals surface area contributed by atoms with E-state index in [9.17, 15) is 4.79 Å². The summed E-state index contributed by atoms with van der Waals surface area (Å²) in [5, 5.41) is 9.17. The summed E-state index contributed by atoms with van der Waals surface area (Å²) in [5.41, 5.74) is 2.36. The zero-order chi connectivity index (χ0) is 15.5. The van der Waals surface area contributed by atoms with Gasteiger partial charge in [0.2, 0.25) is 0 Å². The molecular weight excluding hydrogens is 280 g/mol. The lowest BCUT2D eigenvalue weighted by Gasteiger charge is -1.98. The fraction of sp³-hybridized carbons (Fsp3) is 0.0588. The van der Waals surface area contributed by atoms with Gasteiger partial charge in [0.1, 0.15) is 17.1 Å². The van der Waals surface area contributed by atoms with Crippen molar-refractivity contribution < 1.29 is 14.6 Å². The van der Waals surface area contributed by atoms with Gasteiger partial charge in [0, 0.05) is 0 Å². The highest BCUT2D eigenvalue weighted by atomic mass is 16.5. The van der Waals surface area contributed by atoms with Crippen LogP contribution in [0, 0.1) is 0 Å². The predicted molar refractivity (Wildman–Crippen MR) is 85.0 cm³/mol. The summed E-state index contributed by atoms with van der Waals surface area (Å²) >= 11 is 0. The lowest BCUT2D eigenvalue weighted by Crippen LogP contribution is -1.96. The van der Waals surface area contributed by atoms with Crippen molar-refractivity contribution in [2.24, 2.45) is 0 Å². The first-order valence-electron chi connectivity index (χ1n) is 6.71. The van der Waals surface area contributed by atoms with Gasteiger partial charge in [0.25, 0.3) is 0 Å². The van der Waals surface area contributed by atoms with Crippen molar-refractivity contribution in [3.63, 3.8) is 0 Å². The highest BCUT2D eigenvalue weighted by Crippen LogP contribution is 2.18. The first-order chi connectivity index (χ1) is 10.7. The second kappa shape index (κ2) is 5.73. The van der Waals surface area contributed by atoms with Crippen LogP contribution in [0.4, 0.5) is 0 Å². The topological polar surface area (TPSA) is 75.2 Å². The van der Waals surface area contributed by atoms with Gasteiger partial charge in [-0.15, -0.1) is 0 Å². The Morgan fingerprint density at radius 3 is 2.64 bits per heavy atom. The molecule has 0 aliphatic rings. The van der Waals surface area contributed by atoms with E-state index in [1.165, 1.54) is 0 Å². The molecule has 0 unspecified atom stereocenters. The normalized spacial score (nSPS) is 11.1. The van der Waals surface area contributed by atoms with Gasteiger partial charge < -0.3 is 14.8 Å². The molecule has 0 saturated carbocycles. The molecule has 0 radical (unpaired) electrons. The van der Waals surface area contributed by atoms with Crippen LogP contribution in [0.3, 0.4) is 0 Å². The second-order valence-corrected chi connectivity index (χ2v) is 4.74. The van der Waals surface area contributed by atoms with E-state index in [0.717, 1.165) is 11.3 Å². The van der Waals surface area contributed by atoms with Crippen molar-refractivity contribution in [2.45, 2.75) is 0 Å². The Morgan fingerprint density at radius 2 is 1.95 bits per heavy atom. The molecular formula is C17H14N2O3. The number of rotatable bonds is 4. The van der Waals surface area contributed by atoms with Crippen LogP contribution in [0.15, 0.2) is 42.5 Å². The van der Waals surface area contributed by atoms with Crippen molar-refractivity contribution in [1.82, 2.24) is 9.97 Å². The van der Waals surface area contributed by atoms with Crippen LogP contribution in [-0.4, -0.2) is 28.2 Å². The number of aromatic nitrogens is 2. The molecule has 110 valence electrons. The number of methoxy groups -OCH3 is 1. The first-order valence-corrected chi connectivity index (χ1v) is 6.71. The van der Waals surface area contributed by atoms with Crippen molar-refractivity contribution in [3.05, 3.63) is 59.4 Å². The SMILES string of the molecule is COc1ccc(/C=C/c2nc3c(C(=O)O)cccc3[nH]2)cc1. The zero-order valence-corrected chi connectivity index (χ0v) is 11.9. The van der Waals surface area contributed by atoms with Gasteiger partial charge in [-0.3, -0.25) is 0 Å². The predicted octanol–water partition coefficient (Wildman–Crippen LogP) is 3.44. The van der Waals surface area contributed by atoms with Crippen LogP contribution < -0.4 is 4.74 Å². The molecule has 1 heterocycles. The first kappa shape index (κ1) is 13.9. The molecule has 0 bridgehead atoms. The van der Waals surface area contributed by atoms with E-state index in [2.05, 4.69) is 9.97 Å². The van der Waals surface area contributed by atoms with E-state index in [0.29, 0.717) is 16.9 Å². The Kier molecular flexibility index (Phi) is 3.62. The van der Waals surface area contributed by atoms with Crippen LogP contribution in [0.1, 0.15) is 21.7 Å². The monoisotopic (exact) mass is 294 g/mol. The number of aromatic amines is 1. The molecule has 5 nitrogen and oxygen atoms in total. The molecule has 2 N–H and O–H groups in total. The number of hydrogen-bond donors (Lipinski definition) is 2. The Balaban J connectivity index is 1.91. The fourth-order valence-corrected chi connectivity index (χ4v) is 2.19. The smallest absolute Gasteiger partial charge is 0.337 e. The highest BCUT2D eigenvalue weighted by Gasteiger charge is 2.11. The molecule has 3 aromatic rings. The molecule has 0 atom stereocenters. The summed E-state index contributed by atoms with van der Waals surface area (Å²) in [7, 11) is 1.62. The number of benzene rings is 2. The summed E-state index contributed by atoms with van der Waals surface area (Å²) in [6, 6.07) is 12.7. The molecule has 3 rings (SSSR count). The summed E-state index contributed by atoms with van der Waals surface area (Å²) in [6.07, 6.45) is 3.71. The van der Waals surface area contributed by atoms with E-state index in [1.807, 2.05) is 36.4 Å². The Hall–Kier alpha value is -3.08. The van der Waals surface area contributed by atoms with Crippen molar-refractivity contribution in [2.75, 3.05) is 7.11 Å². The van der Waals surface area contributed by atoms with E-state index in [4.69, 9.17) is 9.84 Å². The van der Waals surface area contributed by atoms with E-state index in [1.54, 1.807) is 25.3 Å². The quantitative estimate of drug-likeness (QED) is 0.773. The van der Waals surface area contributed by atoms with Crippen molar-refractivity contribution in [3.8, 4) is 5.75 Å². The summed E-state index contributed by atoms with van der Waals surface area (Å²) < 4.78 is 5.11. The minimum atomic E-state index is -0.984. The number of para-hydroxylation sites is 1. The number of carboxylic acid groups (broad SMARTS) is 1. The standard InChI is InChI=1S/C17H14N2O3/c1-22-12-8-5-11(6-9-12)7-10-15-18-14-4-2-3-13(17(20)21)16(14)19-15/h2-10H,1H3,(H,18,19)(H,20,21)/b10-7+. The maximum Gasteiger partial charge on any atom is 0.337 e. The summed E-state index contributed by atoms with van der Waals surface area (Å²) in [4.78, 5) is 18.6. The number of nitrogens with one attached hydrogen (secondary N) is 1. The second-order valence-electron chi connectivity index (χ2n) is 4.74. The van der Waals surface area contributed by atoms with E-state index in [-0.39, 0.29) is 5.56 Å². The molecule has 2 aromatic carbocycles. The number of aromatic carboxylic acids is 1. The van der Waals surface area contributed by atoms with Crippen LogP contribution in [0.5, 0.6) is 5.75 Å². The largest absolute Gasteiger partial charge is 0.497 e. The molecule has 0 fully saturated rings. The maximum atomic E-state index is 11.2. The minimum absolute atomic E-state index is 0.192. The number of ether oxygens (including phenoxy) is 1. The average Bonchev–Trinajstić information content (AvgIpc) is 2.96. The number of carboxylic acids is 1. The molecule has 22 heavy (non-hydrogen) atoms. The third kappa shape index (κ3) is 2.69. The van der Waals surface area contributed by atoms with Crippen LogP contribution in [0.25, 0.3) is 23.2 Å². The molecule has 0 saturated heterocycles. The minimum Gasteiger partial charge on any atom is -0.497 e. The number of carbonyl (C=O) groups is 1. The van der Waals surface area contributed by atoms with Crippen molar-refractivity contribution in [1.29, 1.82) is 0 Å². The number of fused-ring (bicyclic) bond motifs is 1. The van der Waals surface area contributed by atoms with Gasteiger partial charge in [0.15, 0.2) is 0 Å². The van der Waals surface area contributed by atoms with E-state index >= 15 is 0 Å². The molecule has 0 amide bonds. The van der Waals surface area contributed by atoms with Crippen molar-refractivity contribution >= 4 is 29.2 Å². The lowest BCUT2D eigenvalue weighted by molar-refractivity contribution is 0.0699. The Bertz CT molecular complexity index is 848. The van der Waals surface area contributed by atoms with Gasteiger partial charge in [-0.2, -0.15) is 0 Å². The fourth-order valence-electron chi connectivity index (χ4n) is 2.19. The third-order valence-corrected chi connectivity index (χ3v) is 3.31. The van der Waals surface area contributed by atoms with Crippen LogP contribution >= 0.6 is 0 Å². The molecule has 1 aromatic heterocycles. The van der Waals surface area contributed by atoms with E-state index < -0.39 is 5.97 Å². The van der Waals surface area contributed by atoms with Gasteiger partial charge in [-0.25, -0.2) is 9.78 Å². The average molecular weight is 294 g/mol.